The third-order valence-corrected chi connectivity index (χ3v) is 6.04. The summed E-state index contributed by atoms with van der Waals surface area (Å²) in [6.45, 7) is 4.94. The molecule has 0 saturated heterocycles. The van der Waals surface area contributed by atoms with Crippen molar-refractivity contribution in [3.63, 3.8) is 0 Å². The molecule has 1 saturated carbocycles. The molecule has 21 heavy (non-hydrogen) atoms. The molecule has 0 aliphatic heterocycles. The summed E-state index contributed by atoms with van der Waals surface area (Å²) >= 11 is 0. The zero-order valence-electron chi connectivity index (χ0n) is 13.2. The second kappa shape index (κ2) is 6.88. The van der Waals surface area contributed by atoms with Crippen molar-refractivity contribution in [2.24, 2.45) is 5.92 Å². The van der Waals surface area contributed by atoms with Crippen molar-refractivity contribution in [3.05, 3.63) is 29.6 Å². The molecule has 2 rings (SSSR count). The Morgan fingerprint density at radius 2 is 2.14 bits per heavy atom. The normalized spacial score (nSPS) is 24.7. The van der Waals surface area contributed by atoms with E-state index in [4.69, 9.17) is 0 Å². The number of hydrogen-bond acceptors (Lipinski definition) is 4. The van der Waals surface area contributed by atoms with Crippen LogP contribution >= 0.6 is 0 Å². The highest BCUT2D eigenvalue weighted by atomic mass is 32.2. The molecule has 1 aliphatic rings. The maximum absolute atomic E-state index is 11.9. The van der Waals surface area contributed by atoms with E-state index in [1.165, 1.54) is 6.26 Å². The lowest BCUT2D eigenvalue weighted by atomic mass is 9.82. The van der Waals surface area contributed by atoms with Crippen LogP contribution in [0.3, 0.4) is 0 Å². The third-order valence-electron chi connectivity index (χ3n) is 4.40. The van der Waals surface area contributed by atoms with Gasteiger partial charge in [0.05, 0.1) is 17.0 Å². The van der Waals surface area contributed by atoms with Crippen molar-refractivity contribution in [2.45, 2.75) is 50.8 Å². The van der Waals surface area contributed by atoms with Crippen LogP contribution in [0.15, 0.2) is 18.2 Å². The van der Waals surface area contributed by atoms with Crippen LogP contribution < -0.4 is 5.32 Å². The van der Waals surface area contributed by atoms with Crippen LogP contribution in [0.2, 0.25) is 0 Å². The molecule has 1 heterocycles. The molecular weight excluding hydrogens is 284 g/mol. The van der Waals surface area contributed by atoms with Gasteiger partial charge in [-0.1, -0.05) is 19.4 Å². The molecule has 0 radical (unpaired) electrons. The standard InChI is InChI=1S/C16H26N2O2S/c1-4-17-16(15-10-5-7-12(2)18-15)13-8-6-9-14(11-13)21(3,19)20/h5,7,10,13-14,16-17H,4,6,8-9,11H2,1-3H3. The van der Waals surface area contributed by atoms with Crippen molar-refractivity contribution in [2.75, 3.05) is 12.8 Å². The first-order valence-electron chi connectivity index (χ1n) is 7.77. The number of pyridine rings is 1. The van der Waals surface area contributed by atoms with Crippen molar-refractivity contribution >= 4 is 9.84 Å². The van der Waals surface area contributed by atoms with Gasteiger partial charge in [0.1, 0.15) is 9.84 Å². The van der Waals surface area contributed by atoms with Crippen LogP contribution in [-0.4, -0.2) is 31.5 Å². The number of aromatic nitrogens is 1. The zero-order valence-corrected chi connectivity index (χ0v) is 14.0. The summed E-state index contributed by atoms with van der Waals surface area (Å²) in [5, 5.41) is 3.32. The van der Waals surface area contributed by atoms with E-state index < -0.39 is 9.84 Å². The van der Waals surface area contributed by atoms with Gasteiger partial charge in [-0.2, -0.15) is 0 Å². The van der Waals surface area contributed by atoms with E-state index >= 15 is 0 Å². The molecule has 5 heteroatoms. The van der Waals surface area contributed by atoms with Crippen molar-refractivity contribution in [1.82, 2.24) is 10.3 Å². The minimum absolute atomic E-state index is 0.152. The maximum atomic E-state index is 11.9. The SMILES string of the molecule is CCNC(c1cccc(C)n1)C1CCCC(S(C)(=O)=O)C1. The summed E-state index contributed by atoms with van der Waals surface area (Å²) in [5.41, 5.74) is 2.04. The molecule has 4 nitrogen and oxygen atoms in total. The van der Waals surface area contributed by atoms with Crippen molar-refractivity contribution in [1.29, 1.82) is 0 Å². The lowest BCUT2D eigenvalue weighted by Crippen LogP contribution is -2.36. The predicted molar refractivity (Wildman–Crippen MR) is 86.0 cm³/mol. The highest BCUT2D eigenvalue weighted by Crippen LogP contribution is 2.36. The minimum atomic E-state index is -2.95. The first kappa shape index (κ1) is 16.4. The van der Waals surface area contributed by atoms with Crippen molar-refractivity contribution < 1.29 is 8.42 Å². The van der Waals surface area contributed by atoms with E-state index in [0.29, 0.717) is 5.92 Å². The molecule has 1 aromatic rings. The summed E-state index contributed by atoms with van der Waals surface area (Å²) in [5.74, 6) is 0.340. The summed E-state index contributed by atoms with van der Waals surface area (Å²) in [6, 6.07) is 6.22. The van der Waals surface area contributed by atoms with Gasteiger partial charge in [0.25, 0.3) is 0 Å². The van der Waals surface area contributed by atoms with Crippen LogP contribution in [0.1, 0.15) is 50.0 Å². The molecule has 0 aromatic carbocycles. The van der Waals surface area contributed by atoms with Crippen LogP contribution in [0.4, 0.5) is 0 Å². The average molecular weight is 310 g/mol. The lowest BCUT2D eigenvalue weighted by molar-refractivity contribution is 0.271. The molecule has 1 aliphatic carbocycles. The summed E-state index contributed by atoms with van der Waals surface area (Å²) in [4.78, 5) is 4.64. The predicted octanol–water partition coefficient (Wildman–Crippen LogP) is 2.64. The number of nitrogens with zero attached hydrogens (tertiary/aromatic N) is 1. The van der Waals surface area contributed by atoms with Gasteiger partial charge < -0.3 is 5.32 Å². The monoisotopic (exact) mass is 310 g/mol. The van der Waals surface area contributed by atoms with Gasteiger partial charge in [-0.15, -0.1) is 0 Å². The summed E-state index contributed by atoms with van der Waals surface area (Å²) in [6.07, 6.45) is 4.96. The Morgan fingerprint density at radius 3 is 2.76 bits per heavy atom. The number of sulfone groups is 1. The van der Waals surface area contributed by atoms with Crippen LogP contribution in [-0.2, 0) is 9.84 Å². The molecule has 0 amide bonds. The largest absolute Gasteiger partial charge is 0.309 e. The van der Waals surface area contributed by atoms with Crippen LogP contribution in [0.25, 0.3) is 0 Å². The van der Waals surface area contributed by atoms with Gasteiger partial charge in [-0.25, -0.2) is 8.42 Å². The highest BCUT2D eigenvalue weighted by molar-refractivity contribution is 7.91. The molecule has 0 bridgehead atoms. The molecule has 1 fully saturated rings. The number of nitrogens with one attached hydrogen (secondary N) is 1. The molecule has 3 unspecified atom stereocenters. The number of hydrogen-bond donors (Lipinski definition) is 1. The quantitative estimate of drug-likeness (QED) is 0.908. The van der Waals surface area contributed by atoms with E-state index in [9.17, 15) is 8.42 Å². The summed E-state index contributed by atoms with van der Waals surface area (Å²) in [7, 11) is -2.95. The van der Waals surface area contributed by atoms with E-state index in [1.807, 2.05) is 25.1 Å². The van der Waals surface area contributed by atoms with Gasteiger partial charge in [0.15, 0.2) is 0 Å². The Bertz CT molecular complexity index is 571. The Balaban J connectivity index is 2.22. The fraction of sp³-hybridized carbons (Fsp3) is 0.688. The van der Waals surface area contributed by atoms with E-state index in [0.717, 1.165) is 43.6 Å². The molecule has 0 spiro atoms. The third kappa shape index (κ3) is 4.27. The first-order valence-corrected chi connectivity index (χ1v) is 9.73. The summed E-state index contributed by atoms with van der Waals surface area (Å²) < 4.78 is 23.7. The fourth-order valence-electron chi connectivity index (χ4n) is 3.34. The van der Waals surface area contributed by atoms with E-state index in [-0.39, 0.29) is 11.3 Å². The minimum Gasteiger partial charge on any atom is -0.309 e. The maximum Gasteiger partial charge on any atom is 0.150 e. The fourth-order valence-corrected chi connectivity index (χ4v) is 4.53. The molecule has 118 valence electrons. The number of aryl methyl sites for hydroxylation is 1. The Hall–Kier alpha value is -0.940. The van der Waals surface area contributed by atoms with Gasteiger partial charge in [0, 0.05) is 11.9 Å². The highest BCUT2D eigenvalue weighted by Gasteiger charge is 2.33. The van der Waals surface area contributed by atoms with Gasteiger partial charge in [0.2, 0.25) is 0 Å². The Kier molecular flexibility index (Phi) is 5.38. The average Bonchev–Trinajstić information content (AvgIpc) is 2.44. The van der Waals surface area contributed by atoms with E-state index in [1.54, 1.807) is 0 Å². The van der Waals surface area contributed by atoms with E-state index in [2.05, 4.69) is 17.2 Å². The van der Waals surface area contributed by atoms with Crippen LogP contribution in [0, 0.1) is 12.8 Å². The second-order valence-electron chi connectivity index (χ2n) is 6.12. The second-order valence-corrected chi connectivity index (χ2v) is 8.44. The van der Waals surface area contributed by atoms with Crippen molar-refractivity contribution in [3.8, 4) is 0 Å². The Morgan fingerprint density at radius 1 is 1.38 bits per heavy atom. The molecule has 1 N–H and O–H groups in total. The van der Waals surface area contributed by atoms with Gasteiger partial charge >= 0.3 is 0 Å². The molecule has 3 atom stereocenters. The van der Waals surface area contributed by atoms with Gasteiger partial charge in [-0.05, 0) is 50.8 Å². The van der Waals surface area contributed by atoms with Crippen LogP contribution in [0.5, 0.6) is 0 Å². The molecular formula is C16H26N2O2S. The Labute approximate surface area is 128 Å². The number of rotatable bonds is 5. The topological polar surface area (TPSA) is 59.1 Å². The zero-order chi connectivity index (χ0) is 15.5. The first-order chi connectivity index (χ1) is 9.91. The molecule has 1 aromatic heterocycles. The van der Waals surface area contributed by atoms with Gasteiger partial charge in [-0.3, -0.25) is 4.98 Å². The lowest BCUT2D eigenvalue weighted by Gasteiger charge is -2.34. The smallest absolute Gasteiger partial charge is 0.150 e.